The lowest BCUT2D eigenvalue weighted by atomic mass is 9.93. The van der Waals surface area contributed by atoms with Crippen LogP contribution >= 0.6 is 0 Å². The quantitative estimate of drug-likeness (QED) is 0.758. The van der Waals surface area contributed by atoms with E-state index in [4.69, 9.17) is 4.74 Å². The van der Waals surface area contributed by atoms with E-state index in [-0.39, 0.29) is 11.8 Å². The molecule has 3 aliphatic rings. The van der Waals surface area contributed by atoms with Crippen molar-refractivity contribution in [3.63, 3.8) is 0 Å². The van der Waals surface area contributed by atoms with Crippen LogP contribution in [0.4, 0.5) is 0 Å². The number of nitrogens with zero attached hydrogens (tertiary/aromatic N) is 1. The molecule has 1 amide bonds. The van der Waals surface area contributed by atoms with Gasteiger partial charge in [0, 0.05) is 25.2 Å². The van der Waals surface area contributed by atoms with Crippen LogP contribution in [0.15, 0.2) is 30.3 Å². The van der Waals surface area contributed by atoms with Crippen LogP contribution in [0.5, 0.6) is 0 Å². The maximum absolute atomic E-state index is 12.8. The Bertz CT molecular complexity index is 585. The molecule has 0 bridgehead atoms. The SMILES string of the molecule is O=C(NCCCOC1CCCC1)[C@H]1C[C@@H](c2ccccc2)N2CCC[C@H]12. The Hall–Kier alpha value is -1.39. The molecule has 4 heteroatoms. The molecule has 0 aromatic heterocycles. The summed E-state index contributed by atoms with van der Waals surface area (Å²) in [7, 11) is 0. The van der Waals surface area contributed by atoms with Crippen LogP contribution in [0.1, 0.15) is 63.0 Å². The number of rotatable bonds is 7. The van der Waals surface area contributed by atoms with Crippen LogP contribution < -0.4 is 5.32 Å². The number of benzene rings is 1. The fourth-order valence-corrected chi connectivity index (χ4v) is 5.17. The Morgan fingerprint density at radius 1 is 1.12 bits per heavy atom. The van der Waals surface area contributed by atoms with E-state index in [1.54, 1.807) is 0 Å². The molecule has 2 saturated heterocycles. The first-order valence-electron chi connectivity index (χ1n) is 10.5. The summed E-state index contributed by atoms with van der Waals surface area (Å²) in [4.78, 5) is 15.4. The molecule has 1 saturated carbocycles. The highest BCUT2D eigenvalue weighted by molar-refractivity contribution is 5.80. The Morgan fingerprint density at radius 2 is 1.92 bits per heavy atom. The van der Waals surface area contributed by atoms with Gasteiger partial charge in [0.15, 0.2) is 0 Å². The summed E-state index contributed by atoms with van der Waals surface area (Å²) in [5, 5.41) is 3.19. The predicted octanol–water partition coefficient (Wildman–Crippen LogP) is 3.68. The van der Waals surface area contributed by atoms with Gasteiger partial charge in [0.25, 0.3) is 0 Å². The van der Waals surface area contributed by atoms with Crippen molar-refractivity contribution in [2.45, 2.75) is 69.6 Å². The van der Waals surface area contributed by atoms with Crippen molar-refractivity contribution in [2.75, 3.05) is 19.7 Å². The molecular weight excluding hydrogens is 324 g/mol. The first-order chi connectivity index (χ1) is 12.8. The predicted molar refractivity (Wildman–Crippen MR) is 103 cm³/mol. The molecule has 2 aliphatic heterocycles. The van der Waals surface area contributed by atoms with Crippen LogP contribution in [0.3, 0.4) is 0 Å². The van der Waals surface area contributed by atoms with Crippen LogP contribution in [-0.2, 0) is 9.53 Å². The van der Waals surface area contributed by atoms with Gasteiger partial charge in [0.05, 0.1) is 12.0 Å². The summed E-state index contributed by atoms with van der Waals surface area (Å²) in [6.07, 6.45) is 9.77. The number of nitrogens with one attached hydrogen (secondary N) is 1. The zero-order chi connectivity index (χ0) is 17.8. The molecule has 0 spiro atoms. The Morgan fingerprint density at radius 3 is 2.73 bits per heavy atom. The van der Waals surface area contributed by atoms with E-state index in [1.807, 2.05) is 0 Å². The second-order valence-electron chi connectivity index (χ2n) is 8.14. The zero-order valence-corrected chi connectivity index (χ0v) is 15.7. The Kier molecular flexibility index (Phi) is 5.91. The normalized spacial score (nSPS) is 29.2. The molecule has 4 rings (SSSR count). The molecule has 3 atom stereocenters. The fraction of sp³-hybridized carbons (Fsp3) is 0.682. The second-order valence-corrected chi connectivity index (χ2v) is 8.14. The maximum atomic E-state index is 12.8. The van der Waals surface area contributed by atoms with Gasteiger partial charge in [-0.05, 0) is 50.6 Å². The first-order valence-corrected chi connectivity index (χ1v) is 10.5. The lowest BCUT2D eigenvalue weighted by Gasteiger charge is -2.24. The smallest absolute Gasteiger partial charge is 0.224 e. The van der Waals surface area contributed by atoms with E-state index in [0.29, 0.717) is 18.2 Å². The van der Waals surface area contributed by atoms with Gasteiger partial charge in [0.2, 0.25) is 5.91 Å². The molecule has 0 unspecified atom stereocenters. The number of carbonyl (C=O) groups is 1. The molecule has 142 valence electrons. The standard InChI is InChI=1S/C22H32N2O2/c25-22(23-13-7-15-26-18-10-4-5-11-18)19-16-21(17-8-2-1-3-9-17)24-14-6-12-20(19)24/h1-3,8-9,18-21H,4-7,10-16H2,(H,23,25)/t19-,20+,21-/m0/s1. The fourth-order valence-electron chi connectivity index (χ4n) is 5.17. The lowest BCUT2D eigenvalue weighted by molar-refractivity contribution is -0.125. The number of hydrogen-bond acceptors (Lipinski definition) is 3. The maximum Gasteiger partial charge on any atom is 0.224 e. The lowest BCUT2D eigenvalue weighted by Crippen LogP contribution is -2.38. The summed E-state index contributed by atoms with van der Waals surface area (Å²) in [6.45, 7) is 2.64. The molecule has 4 nitrogen and oxygen atoms in total. The second kappa shape index (κ2) is 8.53. The average Bonchev–Trinajstić information content (AvgIpc) is 3.40. The van der Waals surface area contributed by atoms with Crippen molar-refractivity contribution in [3.05, 3.63) is 35.9 Å². The number of amides is 1. The summed E-state index contributed by atoms with van der Waals surface area (Å²) >= 11 is 0. The number of ether oxygens (including phenoxy) is 1. The third kappa shape index (κ3) is 3.96. The van der Waals surface area contributed by atoms with Gasteiger partial charge < -0.3 is 10.1 Å². The first kappa shape index (κ1) is 18.0. The van der Waals surface area contributed by atoms with Gasteiger partial charge >= 0.3 is 0 Å². The molecule has 1 aromatic rings. The van der Waals surface area contributed by atoms with Crippen LogP contribution in [0, 0.1) is 5.92 Å². The Labute approximate surface area is 157 Å². The highest BCUT2D eigenvalue weighted by atomic mass is 16.5. The van der Waals surface area contributed by atoms with E-state index < -0.39 is 0 Å². The minimum atomic E-state index is 0.137. The van der Waals surface area contributed by atoms with Crippen molar-refractivity contribution < 1.29 is 9.53 Å². The third-order valence-electron chi connectivity index (χ3n) is 6.48. The third-order valence-corrected chi connectivity index (χ3v) is 6.48. The van der Waals surface area contributed by atoms with Crippen LogP contribution in [0.2, 0.25) is 0 Å². The zero-order valence-electron chi connectivity index (χ0n) is 15.7. The van der Waals surface area contributed by atoms with Gasteiger partial charge in [-0.15, -0.1) is 0 Å². The van der Waals surface area contributed by atoms with Crippen LogP contribution in [-0.4, -0.2) is 42.6 Å². The minimum absolute atomic E-state index is 0.137. The van der Waals surface area contributed by atoms with Gasteiger partial charge in [0.1, 0.15) is 0 Å². The van der Waals surface area contributed by atoms with E-state index in [9.17, 15) is 4.79 Å². The highest BCUT2D eigenvalue weighted by Crippen LogP contribution is 2.44. The van der Waals surface area contributed by atoms with Crippen molar-refractivity contribution >= 4 is 5.91 Å². The topological polar surface area (TPSA) is 41.6 Å². The molecule has 1 aliphatic carbocycles. The van der Waals surface area contributed by atoms with Crippen LogP contribution in [0.25, 0.3) is 0 Å². The number of hydrogen-bond donors (Lipinski definition) is 1. The van der Waals surface area contributed by atoms with Crippen molar-refractivity contribution in [3.8, 4) is 0 Å². The monoisotopic (exact) mass is 356 g/mol. The highest BCUT2D eigenvalue weighted by Gasteiger charge is 2.46. The molecule has 1 N–H and O–H groups in total. The van der Waals surface area contributed by atoms with E-state index in [2.05, 4.69) is 40.5 Å². The summed E-state index contributed by atoms with van der Waals surface area (Å²) in [5.74, 6) is 0.389. The molecule has 26 heavy (non-hydrogen) atoms. The number of fused-ring (bicyclic) bond motifs is 1. The molecule has 2 heterocycles. The van der Waals surface area contributed by atoms with Crippen molar-refractivity contribution in [1.29, 1.82) is 0 Å². The van der Waals surface area contributed by atoms with Gasteiger partial charge in [-0.1, -0.05) is 43.2 Å². The Balaban J connectivity index is 1.26. The van der Waals surface area contributed by atoms with E-state index in [0.717, 1.165) is 39.0 Å². The minimum Gasteiger partial charge on any atom is -0.378 e. The number of carbonyl (C=O) groups excluding carboxylic acids is 1. The summed E-state index contributed by atoms with van der Waals surface area (Å²) in [5.41, 5.74) is 1.36. The summed E-state index contributed by atoms with van der Waals surface area (Å²) < 4.78 is 5.89. The molecular formula is C22H32N2O2. The van der Waals surface area contributed by atoms with Crippen molar-refractivity contribution in [2.24, 2.45) is 5.92 Å². The van der Waals surface area contributed by atoms with Gasteiger partial charge in [-0.3, -0.25) is 9.69 Å². The van der Waals surface area contributed by atoms with E-state index in [1.165, 1.54) is 37.7 Å². The average molecular weight is 357 g/mol. The summed E-state index contributed by atoms with van der Waals surface area (Å²) in [6, 6.07) is 11.5. The molecule has 1 aromatic carbocycles. The van der Waals surface area contributed by atoms with E-state index >= 15 is 0 Å². The largest absolute Gasteiger partial charge is 0.378 e. The molecule has 0 radical (unpaired) electrons. The molecule has 3 fully saturated rings. The van der Waals surface area contributed by atoms with Gasteiger partial charge in [-0.25, -0.2) is 0 Å². The van der Waals surface area contributed by atoms with Crippen molar-refractivity contribution in [1.82, 2.24) is 10.2 Å². The van der Waals surface area contributed by atoms with Gasteiger partial charge in [-0.2, -0.15) is 0 Å².